The molecule has 0 bridgehead atoms. The van der Waals surface area contributed by atoms with Crippen LogP contribution in [0.1, 0.15) is 40.5 Å². The van der Waals surface area contributed by atoms with Crippen molar-refractivity contribution in [1.82, 2.24) is 4.98 Å². The lowest BCUT2D eigenvalue weighted by atomic mass is 10.0. The number of nitrogens with one attached hydrogen (secondary N) is 1. The van der Waals surface area contributed by atoms with Crippen LogP contribution in [0, 0.1) is 0 Å². The predicted molar refractivity (Wildman–Crippen MR) is 138 cm³/mol. The van der Waals surface area contributed by atoms with E-state index in [9.17, 15) is 14.4 Å². The molecular formula is C29H26N2O5. The average molecular weight is 483 g/mol. The molecule has 1 amide bonds. The van der Waals surface area contributed by atoms with Crippen LogP contribution >= 0.6 is 0 Å². The van der Waals surface area contributed by atoms with Crippen molar-refractivity contribution in [1.29, 1.82) is 0 Å². The lowest BCUT2D eigenvalue weighted by Crippen LogP contribution is -2.21. The van der Waals surface area contributed by atoms with E-state index in [1.54, 1.807) is 36.4 Å². The van der Waals surface area contributed by atoms with E-state index in [2.05, 4.69) is 10.3 Å². The number of hydrogen-bond donors (Lipinski definition) is 1. The Morgan fingerprint density at radius 3 is 2.31 bits per heavy atom. The zero-order valence-electron chi connectivity index (χ0n) is 19.9. The molecule has 0 fully saturated rings. The zero-order chi connectivity index (χ0) is 25.3. The maximum Gasteiger partial charge on any atom is 0.339 e. The van der Waals surface area contributed by atoms with Crippen LogP contribution in [0.2, 0.25) is 0 Å². The van der Waals surface area contributed by atoms with Gasteiger partial charge in [0.25, 0.3) is 5.91 Å². The Morgan fingerprint density at radius 1 is 0.833 bits per heavy atom. The Hall–Kier alpha value is -4.52. The van der Waals surface area contributed by atoms with Gasteiger partial charge in [-0.25, -0.2) is 14.6 Å². The normalized spacial score (nSPS) is 10.6. The van der Waals surface area contributed by atoms with Crippen LogP contribution in [0.5, 0.6) is 0 Å². The number of carbonyl (C=O) groups is 3. The number of esters is 2. The van der Waals surface area contributed by atoms with Crippen LogP contribution in [0.15, 0.2) is 84.9 Å². The molecule has 36 heavy (non-hydrogen) atoms. The van der Waals surface area contributed by atoms with Crippen molar-refractivity contribution in [2.45, 2.75) is 19.8 Å². The summed E-state index contributed by atoms with van der Waals surface area (Å²) in [5.74, 6) is -1.52. The SMILES string of the molecule is CCCCOC(=O)c1ccc(NC(=O)COC(=O)c2cc(-c3ccccc3)nc3ccccc23)cc1. The van der Waals surface area contributed by atoms with Crippen LogP contribution in [-0.2, 0) is 14.3 Å². The number of anilines is 1. The zero-order valence-corrected chi connectivity index (χ0v) is 19.9. The molecule has 0 saturated carbocycles. The minimum Gasteiger partial charge on any atom is -0.462 e. The van der Waals surface area contributed by atoms with Gasteiger partial charge in [-0.15, -0.1) is 0 Å². The summed E-state index contributed by atoms with van der Waals surface area (Å²) in [5.41, 5.74) is 3.37. The van der Waals surface area contributed by atoms with Gasteiger partial charge in [0, 0.05) is 16.6 Å². The van der Waals surface area contributed by atoms with Gasteiger partial charge in [0.2, 0.25) is 0 Å². The van der Waals surface area contributed by atoms with Gasteiger partial charge in [-0.3, -0.25) is 4.79 Å². The molecule has 3 aromatic carbocycles. The monoisotopic (exact) mass is 482 g/mol. The number of ether oxygens (including phenoxy) is 2. The molecule has 4 rings (SSSR count). The molecule has 0 atom stereocenters. The molecule has 0 aliphatic carbocycles. The first kappa shape index (κ1) is 24.6. The number of unbranched alkanes of at least 4 members (excludes halogenated alkanes) is 1. The lowest BCUT2D eigenvalue weighted by Gasteiger charge is -2.11. The third-order valence-corrected chi connectivity index (χ3v) is 5.48. The number of amides is 1. The van der Waals surface area contributed by atoms with Crippen molar-refractivity contribution in [2.24, 2.45) is 0 Å². The molecule has 0 aliphatic rings. The molecule has 182 valence electrons. The topological polar surface area (TPSA) is 94.6 Å². The Bertz CT molecular complexity index is 1370. The molecule has 0 spiro atoms. The Morgan fingerprint density at radius 2 is 1.56 bits per heavy atom. The minimum atomic E-state index is -0.619. The second-order valence-electron chi connectivity index (χ2n) is 8.13. The van der Waals surface area contributed by atoms with E-state index in [0.29, 0.717) is 40.0 Å². The molecular weight excluding hydrogens is 456 g/mol. The first-order valence-corrected chi connectivity index (χ1v) is 11.7. The van der Waals surface area contributed by atoms with Crippen molar-refractivity contribution in [3.05, 3.63) is 96.1 Å². The predicted octanol–water partition coefficient (Wildman–Crippen LogP) is 5.65. The first-order valence-electron chi connectivity index (χ1n) is 11.7. The van der Waals surface area contributed by atoms with Crippen LogP contribution in [0.25, 0.3) is 22.2 Å². The number of benzene rings is 3. The number of carbonyl (C=O) groups excluding carboxylic acids is 3. The van der Waals surface area contributed by atoms with Crippen LogP contribution in [0.3, 0.4) is 0 Å². The molecule has 1 heterocycles. The highest BCUT2D eigenvalue weighted by Crippen LogP contribution is 2.25. The van der Waals surface area contributed by atoms with Crippen LogP contribution in [-0.4, -0.2) is 36.0 Å². The average Bonchev–Trinajstić information content (AvgIpc) is 2.92. The highest BCUT2D eigenvalue weighted by atomic mass is 16.5. The molecule has 0 saturated heterocycles. The quantitative estimate of drug-likeness (QED) is 0.245. The standard InChI is InChI=1S/C29H26N2O5/c1-2-3-17-35-28(33)21-13-15-22(16-14-21)30-27(32)19-36-29(34)24-18-26(20-9-5-4-6-10-20)31-25-12-8-7-11-23(24)25/h4-16,18H,2-3,17,19H2,1H3,(H,30,32). The van der Waals surface area contributed by atoms with Gasteiger partial charge in [0.05, 0.1) is 28.9 Å². The van der Waals surface area contributed by atoms with E-state index in [1.807, 2.05) is 55.5 Å². The molecule has 0 aliphatic heterocycles. The van der Waals surface area contributed by atoms with Gasteiger partial charge >= 0.3 is 11.9 Å². The fourth-order valence-corrected chi connectivity index (χ4v) is 3.59. The van der Waals surface area contributed by atoms with E-state index < -0.39 is 24.5 Å². The second kappa shape index (κ2) is 11.8. The van der Waals surface area contributed by atoms with Gasteiger partial charge in [0.15, 0.2) is 6.61 Å². The Labute approximate surface area is 209 Å². The van der Waals surface area contributed by atoms with Crippen LogP contribution in [0.4, 0.5) is 5.69 Å². The molecule has 7 nitrogen and oxygen atoms in total. The number of pyridine rings is 1. The summed E-state index contributed by atoms with van der Waals surface area (Å²) in [6, 6.07) is 24.8. The molecule has 1 N–H and O–H groups in total. The number of fused-ring (bicyclic) bond motifs is 1. The summed E-state index contributed by atoms with van der Waals surface area (Å²) in [7, 11) is 0. The van der Waals surface area contributed by atoms with Gasteiger partial charge in [-0.2, -0.15) is 0 Å². The highest BCUT2D eigenvalue weighted by Gasteiger charge is 2.17. The molecule has 4 aromatic rings. The van der Waals surface area contributed by atoms with E-state index in [1.165, 1.54) is 0 Å². The Kier molecular flexibility index (Phi) is 8.03. The van der Waals surface area contributed by atoms with Gasteiger partial charge in [-0.05, 0) is 42.8 Å². The van der Waals surface area contributed by atoms with E-state index in [0.717, 1.165) is 18.4 Å². The largest absolute Gasteiger partial charge is 0.462 e. The first-order chi connectivity index (χ1) is 17.5. The maximum absolute atomic E-state index is 12.9. The van der Waals surface area contributed by atoms with E-state index in [-0.39, 0.29) is 0 Å². The fraction of sp³-hybridized carbons (Fsp3) is 0.172. The number of hydrogen-bond acceptors (Lipinski definition) is 6. The highest BCUT2D eigenvalue weighted by molar-refractivity contribution is 6.05. The number of para-hydroxylation sites is 1. The smallest absolute Gasteiger partial charge is 0.339 e. The van der Waals surface area contributed by atoms with Crippen LogP contribution < -0.4 is 5.32 Å². The number of aromatic nitrogens is 1. The van der Waals surface area contributed by atoms with Gasteiger partial charge < -0.3 is 14.8 Å². The minimum absolute atomic E-state index is 0.332. The molecule has 7 heteroatoms. The number of rotatable bonds is 9. The summed E-state index contributed by atoms with van der Waals surface area (Å²) < 4.78 is 10.5. The molecule has 1 aromatic heterocycles. The third kappa shape index (κ3) is 6.13. The summed E-state index contributed by atoms with van der Waals surface area (Å²) in [6.07, 6.45) is 1.75. The van der Waals surface area contributed by atoms with Crippen molar-refractivity contribution >= 4 is 34.4 Å². The van der Waals surface area contributed by atoms with E-state index >= 15 is 0 Å². The van der Waals surface area contributed by atoms with Crippen molar-refractivity contribution < 1.29 is 23.9 Å². The van der Waals surface area contributed by atoms with Crippen molar-refractivity contribution in [3.63, 3.8) is 0 Å². The van der Waals surface area contributed by atoms with Gasteiger partial charge in [0.1, 0.15) is 0 Å². The summed E-state index contributed by atoms with van der Waals surface area (Å²) in [4.78, 5) is 42.0. The number of nitrogens with zero attached hydrogens (tertiary/aromatic N) is 1. The Balaban J connectivity index is 1.40. The summed E-state index contributed by atoms with van der Waals surface area (Å²) in [6.45, 7) is 1.93. The fourth-order valence-electron chi connectivity index (χ4n) is 3.59. The summed E-state index contributed by atoms with van der Waals surface area (Å²) >= 11 is 0. The molecule has 0 unspecified atom stereocenters. The summed E-state index contributed by atoms with van der Waals surface area (Å²) in [5, 5.41) is 3.30. The molecule has 0 radical (unpaired) electrons. The third-order valence-electron chi connectivity index (χ3n) is 5.48. The van der Waals surface area contributed by atoms with Crippen molar-refractivity contribution in [3.8, 4) is 11.3 Å². The van der Waals surface area contributed by atoms with E-state index in [4.69, 9.17) is 9.47 Å². The lowest BCUT2D eigenvalue weighted by molar-refractivity contribution is -0.119. The maximum atomic E-state index is 12.9. The second-order valence-corrected chi connectivity index (χ2v) is 8.13. The van der Waals surface area contributed by atoms with Crippen molar-refractivity contribution in [2.75, 3.05) is 18.5 Å². The van der Waals surface area contributed by atoms with Gasteiger partial charge in [-0.1, -0.05) is 61.9 Å².